The molecule has 0 radical (unpaired) electrons. The van der Waals surface area contributed by atoms with E-state index in [4.69, 9.17) is 16.3 Å². The maximum atomic E-state index is 6.25. The molecule has 0 saturated heterocycles. The van der Waals surface area contributed by atoms with Gasteiger partial charge in [0, 0.05) is 29.7 Å². The standard InChI is InChI=1S/C15H25ClN2O/c1-12(2)17-11-13-14(16)7-5-8-15(13)19-10-6-9-18(3)4/h5,7-8,12,17H,6,9-11H2,1-4H3. The van der Waals surface area contributed by atoms with Crippen LogP contribution in [0.1, 0.15) is 25.8 Å². The SMILES string of the molecule is CC(C)NCc1c(Cl)cccc1OCCCN(C)C. The molecule has 0 fully saturated rings. The second kappa shape index (κ2) is 8.41. The molecule has 0 bridgehead atoms. The van der Waals surface area contributed by atoms with Gasteiger partial charge in [-0.2, -0.15) is 0 Å². The fourth-order valence-corrected chi connectivity index (χ4v) is 1.95. The molecule has 0 saturated carbocycles. The molecule has 0 aromatic heterocycles. The number of nitrogens with zero attached hydrogens (tertiary/aromatic N) is 1. The lowest BCUT2D eigenvalue weighted by Crippen LogP contribution is -2.22. The lowest BCUT2D eigenvalue weighted by molar-refractivity contribution is 0.279. The Balaban J connectivity index is 2.58. The predicted molar refractivity (Wildman–Crippen MR) is 82.1 cm³/mol. The summed E-state index contributed by atoms with van der Waals surface area (Å²) in [5.74, 6) is 0.888. The molecular formula is C15H25ClN2O. The zero-order valence-corrected chi connectivity index (χ0v) is 13.1. The lowest BCUT2D eigenvalue weighted by atomic mass is 10.2. The first kappa shape index (κ1) is 16.3. The van der Waals surface area contributed by atoms with Crippen LogP contribution in [0.5, 0.6) is 5.75 Å². The average molecular weight is 285 g/mol. The molecular weight excluding hydrogens is 260 g/mol. The molecule has 0 aliphatic carbocycles. The molecule has 1 rings (SSSR count). The first-order valence-electron chi connectivity index (χ1n) is 6.79. The Morgan fingerprint density at radius 1 is 1.32 bits per heavy atom. The van der Waals surface area contributed by atoms with Crippen LogP contribution in [0.2, 0.25) is 5.02 Å². The van der Waals surface area contributed by atoms with E-state index >= 15 is 0 Å². The number of hydrogen-bond donors (Lipinski definition) is 1. The highest BCUT2D eigenvalue weighted by molar-refractivity contribution is 6.31. The third-order valence-electron chi connectivity index (χ3n) is 2.77. The van der Waals surface area contributed by atoms with Crippen molar-refractivity contribution < 1.29 is 4.74 Å². The van der Waals surface area contributed by atoms with Gasteiger partial charge in [-0.1, -0.05) is 31.5 Å². The first-order chi connectivity index (χ1) is 9.00. The van der Waals surface area contributed by atoms with Gasteiger partial charge in [-0.15, -0.1) is 0 Å². The van der Waals surface area contributed by atoms with Crippen molar-refractivity contribution in [3.05, 3.63) is 28.8 Å². The molecule has 4 heteroatoms. The first-order valence-corrected chi connectivity index (χ1v) is 7.16. The summed E-state index contributed by atoms with van der Waals surface area (Å²) in [4.78, 5) is 2.16. The molecule has 0 heterocycles. The quantitative estimate of drug-likeness (QED) is 0.742. The molecule has 108 valence electrons. The largest absolute Gasteiger partial charge is 0.493 e. The second-order valence-electron chi connectivity index (χ2n) is 5.26. The van der Waals surface area contributed by atoms with E-state index in [0.717, 1.165) is 35.8 Å². The zero-order valence-electron chi connectivity index (χ0n) is 12.4. The molecule has 0 aliphatic rings. The van der Waals surface area contributed by atoms with Crippen LogP contribution >= 0.6 is 11.6 Å². The Labute approximate surface area is 121 Å². The lowest BCUT2D eigenvalue weighted by Gasteiger charge is -2.16. The van der Waals surface area contributed by atoms with E-state index in [9.17, 15) is 0 Å². The van der Waals surface area contributed by atoms with Gasteiger partial charge in [0.1, 0.15) is 5.75 Å². The Hall–Kier alpha value is -0.770. The van der Waals surface area contributed by atoms with Crippen molar-refractivity contribution in [3.63, 3.8) is 0 Å². The molecule has 1 N–H and O–H groups in total. The van der Waals surface area contributed by atoms with Gasteiger partial charge < -0.3 is 15.0 Å². The number of ether oxygens (including phenoxy) is 1. The fourth-order valence-electron chi connectivity index (χ4n) is 1.71. The van der Waals surface area contributed by atoms with Crippen LogP contribution in [-0.4, -0.2) is 38.2 Å². The average Bonchev–Trinajstić information content (AvgIpc) is 2.33. The Kier molecular flexibility index (Phi) is 7.21. The zero-order chi connectivity index (χ0) is 14.3. The normalized spacial score (nSPS) is 11.3. The van der Waals surface area contributed by atoms with Crippen molar-refractivity contribution in [2.75, 3.05) is 27.2 Å². The number of hydrogen-bond acceptors (Lipinski definition) is 3. The van der Waals surface area contributed by atoms with E-state index in [-0.39, 0.29) is 0 Å². The molecule has 1 aromatic rings. The number of rotatable bonds is 8. The summed E-state index contributed by atoms with van der Waals surface area (Å²) >= 11 is 6.25. The van der Waals surface area contributed by atoms with Crippen molar-refractivity contribution in [1.29, 1.82) is 0 Å². The van der Waals surface area contributed by atoms with Gasteiger partial charge in [0.2, 0.25) is 0 Å². The van der Waals surface area contributed by atoms with Gasteiger partial charge in [0.25, 0.3) is 0 Å². The van der Waals surface area contributed by atoms with Crippen molar-refractivity contribution >= 4 is 11.6 Å². The van der Waals surface area contributed by atoms with Crippen LogP contribution in [0.4, 0.5) is 0 Å². The third kappa shape index (κ3) is 6.28. The molecule has 0 unspecified atom stereocenters. The second-order valence-corrected chi connectivity index (χ2v) is 5.66. The smallest absolute Gasteiger partial charge is 0.125 e. The molecule has 0 aliphatic heterocycles. The number of nitrogens with one attached hydrogen (secondary N) is 1. The van der Waals surface area contributed by atoms with E-state index in [0.29, 0.717) is 12.6 Å². The third-order valence-corrected chi connectivity index (χ3v) is 3.12. The van der Waals surface area contributed by atoms with Gasteiger partial charge in [0.05, 0.1) is 6.61 Å². The molecule has 0 amide bonds. The van der Waals surface area contributed by atoms with Crippen molar-refractivity contribution in [3.8, 4) is 5.75 Å². The summed E-state index contributed by atoms with van der Waals surface area (Å²) in [7, 11) is 4.13. The van der Waals surface area contributed by atoms with Crippen molar-refractivity contribution in [2.24, 2.45) is 0 Å². The van der Waals surface area contributed by atoms with E-state index in [1.54, 1.807) is 0 Å². The van der Waals surface area contributed by atoms with Crippen LogP contribution in [0.25, 0.3) is 0 Å². The van der Waals surface area contributed by atoms with Crippen LogP contribution in [0, 0.1) is 0 Å². The van der Waals surface area contributed by atoms with E-state index < -0.39 is 0 Å². The number of halogens is 1. The maximum Gasteiger partial charge on any atom is 0.125 e. The summed E-state index contributed by atoms with van der Waals surface area (Å²) in [6, 6.07) is 6.25. The molecule has 19 heavy (non-hydrogen) atoms. The summed E-state index contributed by atoms with van der Waals surface area (Å²) in [5.41, 5.74) is 1.04. The summed E-state index contributed by atoms with van der Waals surface area (Å²) < 4.78 is 5.85. The van der Waals surface area contributed by atoms with E-state index in [1.165, 1.54) is 0 Å². The molecule has 0 spiro atoms. The van der Waals surface area contributed by atoms with Crippen LogP contribution in [0.15, 0.2) is 18.2 Å². The molecule has 0 atom stereocenters. The van der Waals surface area contributed by atoms with Crippen LogP contribution in [0.3, 0.4) is 0 Å². The van der Waals surface area contributed by atoms with Gasteiger partial charge in [0.15, 0.2) is 0 Å². The van der Waals surface area contributed by atoms with Crippen LogP contribution in [-0.2, 0) is 6.54 Å². The Morgan fingerprint density at radius 3 is 2.68 bits per heavy atom. The molecule has 1 aromatic carbocycles. The summed E-state index contributed by atoms with van der Waals surface area (Å²) in [6.07, 6.45) is 1.01. The maximum absolute atomic E-state index is 6.25. The van der Waals surface area contributed by atoms with Gasteiger partial charge in [-0.25, -0.2) is 0 Å². The van der Waals surface area contributed by atoms with Crippen molar-refractivity contribution in [2.45, 2.75) is 32.9 Å². The minimum absolute atomic E-state index is 0.429. The van der Waals surface area contributed by atoms with Crippen molar-refractivity contribution in [1.82, 2.24) is 10.2 Å². The Bertz CT molecular complexity index is 380. The van der Waals surface area contributed by atoms with Gasteiger partial charge >= 0.3 is 0 Å². The number of benzene rings is 1. The minimum Gasteiger partial charge on any atom is -0.493 e. The monoisotopic (exact) mass is 284 g/mol. The summed E-state index contributed by atoms with van der Waals surface area (Å²) in [5, 5.41) is 4.14. The fraction of sp³-hybridized carbons (Fsp3) is 0.600. The molecule has 3 nitrogen and oxygen atoms in total. The predicted octanol–water partition coefficient (Wildman–Crippen LogP) is 3.17. The highest BCUT2D eigenvalue weighted by Gasteiger charge is 2.08. The highest BCUT2D eigenvalue weighted by atomic mass is 35.5. The minimum atomic E-state index is 0.429. The Morgan fingerprint density at radius 2 is 2.05 bits per heavy atom. The highest BCUT2D eigenvalue weighted by Crippen LogP contribution is 2.26. The topological polar surface area (TPSA) is 24.5 Å². The van der Waals surface area contributed by atoms with Gasteiger partial charge in [-0.3, -0.25) is 0 Å². The van der Waals surface area contributed by atoms with E-state index in [1.807, 2.05) is 18.2 Å². The summed E-state index contributed by atoms with van der Waals surface area (Å²) in [6.45, 7) is 6.72. The van der Waals surface area contributed by atoms with Gasteiger partial charge in [-0.05, 0) is 32.6 Å². The van der Waals surface area contributed by atoms with Crippen LogP contribution < -0.4 is 10.1 Å². The van der Waals surface area contributed by atoms with E-state index in [2.05, 4.69) is 38.2 Å².